The highest BCUT2D eigenvalue weighted by Gasteiger charge is 2.01. The Morgan fingerprint density at radius 3 is 1.82 bits per heavy atom. The summed E-state index contributed by atoms with van der Waals surface area (Å²) in [6.07, 6.45) is 12.8. The SMILES string of the molecule is CC(C)=CC(O)C/C(C)=C/CC/C(C)=C/CC/C(C)=C/CO. The second-order valence-electron chi connectivity index (χ2n) is 6.43. The quantitative estimate of drug-likeness (QED) is 0.552. The van der Waals surface area contributed by atoms with E-state index >= 15 is 0 Å². The molecule has 0 aromatic carbocycles. The smallest absolute Gasteiger partial charge is 0.0760 e. The van der Waals surface area contributed by atoms with Gasteiger partial charge in [-0.05, 0) is 66.7 Å². The van der Waals surface area contributed by atoms with E-state index in [0.717, 1.165) is 37.7 Å². The topological polar surface area (TPSA) is 40.5 Å². The lowest BCUT2D eigenvalue weighted by Crippen LogP contribution is -2.03. The fourth-order valence-electron chi connectivity index (χ4n) is 2.31. The van der Waals surface area contributed by atoms with E-state index < -0.39 is 0 Å². The van der Waals surface area contributed by atoms with E-state index in [1.807, 2.05) is 26.0 Å². The lowest BCUT2D eigenvalue weighted by atomic mass is 10.0. The number of aliphatic hydroxyl groups is 2. The molecule has 1 atom stereocenters. The van der Waals surface area contributed by atoms with Crippen LogP contribution in [-0.2, 0) is 0 Å². The van der Waals surface area contributed by atoms with Gasteiger partial charge in [0.05, 0.1) is 12.7 Å². The second-order valence-corrected chi connectivity index (χ2v) is 6.43. The molecule has 0 saturated heterocycles. The first-order valence-corrected chi connectivity index (χ1v) is 8.26. The highest BCUT2D eigenvalue weighted by atomic mass is 16.3. The van der Waals surface area contributed by atoms with Crippen LogP contribution in [-0.4, -0.2) is 22.9 Å². The lowest BCUT2D eigenvalue weighted by molar-refractivity contribution is 0.222. The lowest BCUT2D eigenvalue weighted by Gasteiger charge is -2.07. The van der Waals surface area contributed by atoms with Gasteiger partial charge in [0.1, 0.15) is 0 Å². The molecule has 0 amide bonds. The van der Waals surface area contributed by atoms with Gasteiger partial charge >= 0.3 is 0 Å². The maximum Gasteiger partial charge on any atom is 0.0760 e. The first-order valence-electron chi connectivity index (χ1n) is 8.26. The molecule has 0 aromatic rings. The van der Waals surface area contributed by atoms with Gasteiger partial charge in [-0.25, -0.2) is 0 Å². The maximum absolute atomic E-state index is 9.86. The number of allylic oxidation sites excluding steroid dienone is 5. The standard InChI is InChI=1S/C20H34O2/c1-16(2)14-20(22)15-19(5)11-7-9-17(3)8-6-10-18(4)12-13-21/h8,11-12,14,20-22H,6-7,9-10,13,15H2,1-5H3/b17-8+,18-12+,19-11+. The van der Waals surface area contributed by atoms with Crippen molar-refractivity contribution in [3.63, 3.8) is 0 Å². The fourth-order valence-corrected chi connectivity index (χ4v) is 2.31. The van der Waals surface area contributed by atoms with Crippen LogP contribution in [0.3, 0.4) is 0 Å². The molecule has 2 nitrogen and oxygen atoms in total. The van der Waals surface area contributed by atoms with Crippen LogP contribution >= 0.6 is 0 Å². The number of rotatable bonds is 10. The molecule has 0 spiro atoms. The number of aliphatic hydroxyl groups excluding tert-OH is 2. The molecule has 0 aliphatic carbocycles. The summed E-state index contributed by atoms with van der Waals surface area (Å²) < 4.78 is 0. The van der Waals surface area contributed by atoms with Crippen LogP contribution in [0.1, 0.15) is 66.7 Å². The Kier molecular flexibility index (Phi) is 11.8. The molecule has 0 saturated carbocycles. The molecule has 0 aliphatic rings. The van der Waals surface area contributed by atoms with Crippen LogP contribution in [0.4, 0.5) is 0 Å². The number of hydrogen-bond acceptors (Lipinski definition) is 2. The highest BCUT2D eigenvalue weighted by molar-refractivity contribution is 5.08. The third-order valence-corrected chi connectivity index (χ3v) is 3.56. The zero-order valence-corrected chi connectivity index (χ0v) is 15.0. The predicted molar refractivity (Wildman–Crippen MR) is 96.9 cm³/mol. The van der Waals surface area contributed by atoms with Gasteiger partial charge in [0.2, 0.25) is 0 Å². The van der Waals surface area contributed by atoms with Gasteiger partial charge in [0, 0.05) is 0 Å². The Morgan fingerprint density at radius 1 is 0.818 bits per heavy atom. The van der Waals surface area contributed by atoms with Crippen LogP contribution in [0, 0.1) is 0 Å². The molecule has 0 aromatic heterocycles. The average Bonchev–Trinajstić information content (AvgIpc) is 2.37. The summed E-state index contributed by atoms with van der Waals surface area (Å²) in [4.78, 5) is 0. The zero-order chi connectivity index (χ0) is 17.0. The van der Waals surface area contributed by atoms with Crippen molar-refractivity contribution in [2.24, 2.45) is 0 Å². The van der Waals surface area contributed by atoms with Gasteiger partial charge < -0.3 is 10.2 Å². The highest BCUT2D eigenvalue weighted by Crippen LogP contribution is 2.13. The van der Waals surface area contributed by atoms with Gasteiger partial charge in [-0.15, -0.1) is 0 Å². The van der Waals surface area contributed by atoms with Crippen molar-refractivity contribution in [3.05, 3.63) is 46.6 Å². The van der Waals surface area contributed by atoms with E-state index in [4.69, 9.17) is 5.11 Å². The van der Waals surface area contributed by atoms with Crippen molar-refractivity contribution >= 4 is 0 Å². The molecular formula is C20H34O2. The van der Waals surface area contributed by atoms with E-state index in [9.17, 15) is 5.11 Å². The van der Waals surface area contributed by atoms with Crippen molar-refractivity contribution in [1.82, 2.24) is 0 Å². The van der Waals surface area contributed by atoms with Crippen molar-refractivity contribution in [2.75, 3.05) is 6.61 Å². The third kappa shape index (κ3) is 12.6. The Balaban J connectivity index is 4.08. The van der Waals surface area contributed by atoms with Crippen molar-refractivity contribution in [2.45, 2.75) is 72.8 Å². The first-order chi connectivity index (χ1) is 10.3. The van der Waals surface area contributed by atoms with Gasteiger partial charge in [0.25, 0.3) is 0 Å². The Labute approximate surface area is 137 Å². The molecule has 0 fully saturated rings. The van der Waals surface area contributed by atoms with Crippen LogP contribution in [0.25, 0.3) is 0 Å². The fraction of sp³-hybridized carbons (Fsp3) is 0.600. The maximum atomic E-state index is 9.86. The normalized spacial score (nSPS) is 15.0. The van der Waals surface area contributed by atoms with Gasteiger partial charge in [-0.3, -0.25) is 0 Å². The number of hydrogen-bond donors (Lipinski definition) is 2. The van der Waals surface area contributed by atoms with Crippen LogP contribution in [0.5, 0.6) is 0 Å². The largest absolute Gasteiger partial charge is 0.392 e. The van der Waals surface area contributed by atoms with Crippen molar-refractivity contribution in [3.8, 4) is 0 Å². The van der Waals surface area contributed by atoms with E-state index in [1.54, 1.807) is 0 Å². The van der Waals surface area contributed by atoms with Crippen molar-refractivity contribution < 1.29 is 10.2 Å². The molecule has 0 bridgehead atoms. The van der Waals surface area contributed by atoms with Crippen LogP contribution in [0.2, 0.25) is 0 Å². The first kappa shape index (κ1) is 20.9. The molecule has 22 heavy (non-hydrogen) atoms. The van der Waals surface area contributed by atoms with E-state index in [2.05, 4.69) is 32.9 Å². The Morgan fingerprint density at radius 2 is 1.32 bits per heavy atom. The molecule has 1 unspecified atom stereocenters. The van der Waals surface area contributed by atoms with E-state index in [-0.39, 0.29) is 12.7 Å². The van der Waals surface area contributed by atoms with Gasteiger partial charge in [0.15, 0.2) is 0 Å². The monoisotopic (exact) mass is 306 g/mol. The Bertz CT molecular complexity index is 421. The summed E-state index contributed by atoms with van der Waals surface area (Å²) in [6, 6.07) is 0. The molecule has 2 N–H and O–H groups in total. The van der Waals surface area contributed by atoms with Crippen molar-refractivity contribution in [1.29, 1.82) is 0 Å². The minimum atomic E-state index is -0.362. The molecule has 0 aliphatic heterocycles. The molecule has 0 radical (unpaired) electrons. The summed E-state index contributed by atoms with van der Waals surface area (Å²) in [5.41, 5.74) is 5.06. The summed E-state index contributed by atoms with van der Waals surface area (Å²) in [5, 5.41) is 18.7. The molecule has 0 rings (SSSR count). The molecule has 126 valence electrons. The van der Waals surface area contributed by atoms with Crippen LogP contribution < -0.4 is 0 Å². The van der Waals surface area contributed by atoms with E-state index in [0.29, 0.717) is 0 Å². The summed E-state index contributed by atoms with van der Waals surface area (Å²) in [7, 11) is 0. The minimum absolute atomic E-state index is 0.136. The molecule has 0 heterocycles. The predicted octanol–water partition coefficient (Wildman–Crippen LogP) is 5.10. The van der Waals surface area contributed by atoms with Crippen LogP contribution in [0.15, 0.2) is 46.6 Å². The zero-order valence-electron chi connectivity index (χ0n) is 15.0. The Hall–Kier alpha value is -1.12. The average molecular weight is 306 g/mol. The third-order valence-electron chi connectivity index (χ3n) is 3.56. The summed E-state index contributed by atoms with van der Waals surface area (Å²) in [6.45, 7) is 10.5. The summed E-state index contributed by atoms with van der Waals surface area (Å²) >= 11 is 0. The molecular weight excluding hydrogens is 272 g/mol. The summed E-state index contributed by atoms with van der Waals surface area (Å²) in [5.74, 6) is 0. The van der Waals surface area contributed by atoms with Gasteiger partial charge in [-0.2, -0.15) is 0 Å². The second kappa shape index (κ2) is 12.4. The van der Waals surface area contributed by atoms with E-state index in [1.165, 1.54) is 16.7 Å². The molecule has 2 heteroatoms. The van der Waals surface area contributed by atoms with Gasteiger partial charge in [-0.1, -0.05) is 46.6 Å². The minimum Gasteiger partial charge on any atom is -0.392 e.